The fourth-order valence-electron chi connectivity index (χ4n) is 3.66. The number of esters is 1. The van der Waals surface area contributed by atoms with E-state index in [4.69, 9.17) is 4.74 Å². The summed E-state index contributed by atoms with van der Waals surface area (Å²) in [5.74, 6) is 0.164. The van der Waals surface area contributed by atoms with Gasteiger partial charge in [0.05, 0.1) is 12.5 Å². The monoisotopic (exact) mass is 322 g/mol. The molecule has 1 unspecified atom stereocenters. The third-order valence-electron chi connectivity index (χ3n) is 5.17. The SMILES string of the molecule is CCOC(=O)C1CCN(C(=O)C2CCCN2C(=O)C2CC2)CC1. The van der Waals surface area contributed by atoms with Crippen LogP contribution in [-0.4, -0.2) is 59.9 Å². The summed E-state index contributed by atoms with van der Waals surface area (Å²) in [6, 6.07) is -0.276. The van der Waals surface area contributed by atoms with Crippen molar-refractivity contribution in [1.82, 2.24) is 9.80 Å². The summed E-state index contributed by atoms with van der Waals surface area (Å²) in [4.78, 5) is 40.5. The second-order valence-corrected chi connectivity index (χ2v) is 6.82. The van der Waals surface area contributed by atoms with Gasteiger partial charge in [-0.3, -0.25) is 14.4 Å². The van der Waals surface area contributed by atoms with Crippen LogP contribution in [0.15, 0.2) is 0 Å². The Labute approximate surface area is 137 Å². The number of amides is 2. The number of nitrogens with zero attached hydrogens (tertiary/aromatic N) is 2. The quantitative estimate of drug-likeness (QED) is 0.729. The molecule has 2 aliphatic heterocycles. The molecule has 0 bridgehead atoms. The van der Waals surface area contributed by atoms with Gasteiger partial charge in [-0.1, -0.05) is 0 Å². The van der Waals surface area contributed by atoms with E-state index < -0.39 is 0 Å². The zero-order valence-electron chi connectivity index (χ0n) is 13.8. The molecule has 2 saturated heterocycles. The first-order valence-corrected chi connectivity index (χ1v) is 8.87. The molecule has 0 N–H and O–H groups in total. The van der Waals surface area contributed by atoms with Crippen molar-refractivity contribution >= 4 is 17.8 Å². The lowest BCUT2D eigenvalue weighted by Gasteiger charge is -2.34. The number of carbonyl (C=O) groups excluding carboxylic acids is 3. The van der Waals surface area contributed by atoms with E-state index in [1.54, 1.807) is 4.90 Å². The minimum atomic E-state index is -0.276. The predicted octanol–water partition coefficient (Wildman–Crippen LogP) is 1.19. The van der Waals surface area contributed by atoms with Gasteiger partial charge in [-0.05, 0) is 45.4 Å². The second kappa shape index (κ2) is 6.89. The van der Waals surface area contributed by atoms with Gasteiger partial charge in [0.2, 0.25) is 11.8 Å². The van der Waals surface area contributed by atoms with Crippen molar-refractivity contribution in [2.24, 2.45) is 11.8 Å². The van der Waals surface area contributed by atoms with Crippen LogP contribution >= 0.6 is 0 Å². The maximum absolute atomic E-state index is 12.8. The van der Waals surface area contributed by atoms with Gasteiger partial charge in [0.25, 0.3) is 0 Å². The topological polar surface area (TPSA) is 66.9 Å². The smallest absolute Gasteiger partial charge is 0.309 e. The molecule has 128 valence electrons. The van der Waals surface area contributed by atoms with Crippen molar-refractivity contribution in [2.75, 3.05) is 26.2 Å². The Bertz CT molecular complexity index is 481. The van der Waals surface area contributed by atoms with E-state index in [-0.39, 0.29) is 35.7 Å². The van der Waals surface area contributed by atoms with Crippen LogP contribution in [0.1, 0.15) is 45.4 Å². The van der Waals surface area contributed by atoms with Crippen LogP contribution in [0.3, 0.4) is 0 Å². The summed E-state index contributed by atoms with van der Waals surface area (Å²) < 4.78 is 5.06. The van der Waals surface area contributed by atoms with Crippen LogP contribution in [-0.2, 0) is 19.1 Å². The number of hydrogen-bond donors (Lipinski definition) is 0. The number of hydrogen-bond acceptors (Lipinski definition) is 4. The fraction of sp³-hybridized carbons (Fsp3) is 0.824. The van der Waals surface area contributed by atoms with E-state index in [0.29, 0.717) is 39.1 Å². The number of piperidine rings is 1. The Morgan fingerprint density at radius 3 is 2.22 bits per heavy atom. The van der Waals surface area contributed by atoms with Crippen LogP contribution in [0.5, 0.6) is 0 Å². The molecule has 2 amide bonds. The van der Waals surface area contributed by atoms with Crippen molar-refractivity contribution in [3.63, 3.8) is 0 Å². The number of likely N-dealkylation sites (tertiary alicyclic amines) is 2. The van der Waals surface area contributed by atoms with E-state index in [9.17, 15) is 14.4 Å². The van der Waals surface area contributed by atoms with Gasteiger partial charge in [0, 0.05) is 25.6 Å². The fourth-order valence-corrected chi connectivity index (χ4v) is 3.66. The number of rotatable bonds is 4. The van der Waals surface area contributed by atoms with Gasteiger partial charge < -0.3 is 14.5 Å². The van der Waals surface area contributed by atoms with Crippen molar-refractivity contribution in [1.29, 1.82) is 0 Å². The van der Waals surface area contributed by atoms with E-state index >= 15 is 0 Å². The molecular formula is C17H26N2O4. The first-order chi connectivity index (χ1) is 11.1. The van der Waals surface area contributed by atoms with Crippen LogP contribution in [0.25, 0.3) is 0 Å². The van der Waals surface area contributed by atoms with Crippen LogP contribution in [0.2, 0.25) is 0 Å². The Balaban J connectivity index is 1.54. The minimum Gasteiger partial charge on any atom is -0.466 e. The average molecular weight is 322 g/mol. The summed E-state index contributed by atoms with van der Waals surface area (Å²) in [5, 5.41) is 0. The summed E-state index contributed by atoms with van der Waals surface area (Å²) in [5.41, 5.74) is 0. The summed E-state index contributed by atoms with van der Waals surface area (Å²) in [6.45, 7) is 4.10. The molecule has 0 radical (unpaired) electrons. The maximum atomic E-state index is 12.8. The summed E-state index contributed by atoms with van der Waals surface area (Å²) >= 11 is 0. The predicted molar refractivity (Wildman–Crippen MR) is 83.4 cm³/mol. The van der Waals surface area contributed by atoms with E-state index in [2.05, 4.69) is 0 Å². The van der Waals surface area contributed by atoms with Gasteiger partial charge in [0.1, 0.15) is 6.04 Å². The van der Waals surface area contributed by atoms with Crippen molar-refractivity contribution < 1.29 is 19.1 Å². The molecule has 0 aromatic carbocycles. The standard InChI is InChI=1S/C17H26N2O4/c1-2-23-17(22)13-7-10-18(11-8-13)16(21)14-4-3-9-19(14)15(20)12-5-6-12/h12-14H,2-11H2,1H3. The third kappa shape index (κ3) is 3.51. The van der Waals surface area contributed by atoms with Crippen LogP contribution in [0, 0.1) is 11.8 Å². The lowest BCUT2D eigenvalue weighted by atomic mass is 9.96. The zero-order valence-corrected chi connectivity index (χ0v) is 13.8. The van der Waals surface area contributed by atoms with Gasteiger partial charge in [0.15, 0.2) is 0 Å². The highest BCUT2D eigenvalue weighted by atomic mass is 16.5. The highest BCUT2D eigenvalue weighted by Gasteiger charge is 2.42. The normalized spacial score (nSPS) is 25.5. The molecular weight excluding hydrogens is 296 g/mol. The Kier molecular flexibility index (Phi) is 4.87. The molecule has 1 saturated carbocycles. The lowest BCUT2D eigenvalue weighted by Crippen LogP contribution is -2.50. The third-order valence-corrected chi connectivity index (χ3v) is 5.17. The lowest BCUT2D eigenvalue weighted by molar-refractivity contribution is -0.152. The van der Waals surface area contributed by atoms with E-state index in [0.717, 1.165) is 25.7 Å². The molecule has 0 spiro atoms. The van der Waals surface area contributed by atoms with Gasteiger partial charge in [-0.15, -0.1) is 0 Å². The largest absolute Gasteiger partial charge is 0.466 e. The summed E-state index contributed by atoms with van der Waals surface area (Å²) in [7, 11) is 0. The van der Waals surface area contributed by atoms with Crippen molar-refractivity contribution in [3.8, 4) is 0 Å². The number of ether oxygens (including phenoxy) is 1. The molecule has 3 fully saturated rings. The van der Waals surface area contributed by atoms with Gasteiger partial charge in [-0.25, -0.2) is 0 Å². The first kappa shape index (κ1) is 16.3. The Morgan fingerprint density at radius 1 is 0.913 bits per heavy atom. The van der Waals surface area contributed by atoms with E-state index in [1.165, 1.54) is 0 Å². The average Bonchev–Trinajstić information content (AvgIpc) is 3.30. The van der Waals surface area contributed by atoms with Gasteiger partial charge in [-0.2, -0.15) is 0 Å². The van der Waals surface area contributed by atoms with Crippen LogP contribution < -0.4 is 0 Å². The molecule has 0 aromatic heterocycles. The molecule has 3 rings (SSSR count). The second-order valence-electron chi connectivity index (χ2n) is 6.82. The molecule has 1 aliphatic carbocycles. The molecule has 0 aromatic rings. The Hall–Kier alpha value is -1.59. The molecule has 1 atom stereocenters. The number of carbonyl (C=O) groups is 3. The summed E-state index contributed by atoms with van der Waals surface area (Å²) in [6.07, 6.45) is 4.95. The highest BCUT2D eigenvalue weighted by Crippen LogP contribution is 2.34. The first-order valence-electron chi connectivity index (χ1n) is 8.87. The highest BCUT2D eigenvalue weighted by molar-refractivity contribution is 5.90. The minimum absolute atomic E-state index is 0.0683. The van der Waals surface area contributed by atoms with Crippen molar-refractivity contribution in [3.05, 3.63) is 0 Å². The Morgan fingerprint density at radius 2 is 1.61 bits per heavy atom. The van der Waals surface area contributed by atoms with Crippen LogP contribution in [0.4, 0.5) is 0 Å². The van der Waals surface area contributed by atoms with E-state index in [1.807, 2.05) is 11.8 Å². The van der Waals surface area contributed by atoms with Crippen molar-refractivity contribution in [2.45, 2.75) is 51.5 Å². The maximum Gasteiger partial charge on any atom is 0.309 e. The molecule has 2 heterocycles. The molecule has 6 nitrogen and oxygen atoms in total. The zero-order chi connectivity index (χ0) is 16.4. The molecule has 3 aliphatic rings. The van der Waals surface area contributed by atoms with Gasteiger partial charge >= 0.3 is 5.97 Å². The molecule has 6 heteroatoms. The molecule has 23 heavy (non-hydrogen) atoms.